The first-order chi connectivity index (χ1) is 9.13. The second-order valence-electron chi connectivity index (χ2n) is 4.47. The average Bonchev–Trinajstić information content (AvgIpc) is 2.44. The summed E-state index contributed by atoms with van der Waals surface area (Å²) in [6, 6.07) is 2.65. The van der Waals surface area contributed by atoms with Gasteiger partial charge in [-0.05, 0) is 31.5 Å². The van der Waals surface area contributed by atoms with Gasteiger partial charge in [-0.15, -0.1) is 0 Å². The van der Waals surface area contributed by atoms with Gasteiger partial charge in [0.2, 0.25) is 0 Å². The number of ether oxygens (including phenoxy) is 1. The number of methoxy groups -OCH3 is 1. The first-order valence-electron chi connectivity index (χ1n) is 6.17. The zero-order valence-electron chi connectivity index (χ0n) is 10.6. The summed E-state index contributed by atoms with van der Waals surface area (Å²) in [5.74, 6) is -3.11. The lowest BCUT2D eigenvalue weighted by atomic mass is 10.1. The molecule has 1 unspecified atom stereocenters. The molecule has 2 rings (SSSR count). The van der Waals surface area contributed by atoms with Crippen molar-refractivity contribution in [3.8, 4) is 0 Å². The summed E-state index contributed by atoms with van der Waals surface area (Å²) < 4.78 is 32.0. The van der Waals surface area contributed by atoms with Gasteiger partial charge in [-0.3, -0.25) is 0 Å². The first kappa shape index (κ1) is 13.7. The molecule has 4 nitrogen and oxygen atoms in total. The average molecular weight is 270 g/mol. The van der Waals surface area contributed by atoms with E-state index in [1.54, 1.807) is 0 Å². The van der Waals surface area contributed by atoms with Crippen LogP contribution in [0, 0.1) is 11.6 Å². The Morgan fingerprint density at radius 1 is 1.42 bits per heavy atom. The Labute approximate surface area is 110 Å². The molecule has 1 aliphatic rings. The topological polar surface area (TPSA) is 50.4 Å². The number of carbonyl (C=O) groups is 1. The van der Waals surface area contributed by atoms with E-state index in [0.29, 0.717) is 6.54 Å². The standard InChI is InChI=1S/C13H16F2N2O2/c1-19-13(18)9-4-5-10(12(15)11(9)14)17-8-3-2-6-16-7-8/h4-5,8,16-17H,2-3,6-7H2,1H3. The van der Waals surface area contributed by atoms with Crippen molar-refractivity contribution < 1.29 is 18.3 Å². The molecule has 0 radical (unpaired) electrons. The molecule has 1 aliphatic heterocycles. The first-order valence-corrected chi connectivity index (χ1v) is 6.17. The van der Waals surface area contributed by atoms with E-state index in [0.717, 1.165) is 26.5 Å². The molecule has 1 aromatic rings. The lowest BCUT2D eigenvalue weighted by Gasteiger charge is -2.25. The molecule has 2 N–H and O–H groups in total. The van der Waals surface area contributed by atoms with Crippen LogP contribution in [0.2, 0.25) is 0 Å². The third-order valence-electron chi connectivity index (χ3n) is 3.14. The highest BCUT2D eigenvalue weighted by Crippen LogP contribution is 2.22. The van der Waals surface area contributed by atoms with Crippen molar-refractivity contribution >= 4 is 11.7 Å². The molecule has 0 aliphatic carbocycles. The molecule has 0 saturated carbocycles. The van der Waals surface area contributed by atoms with Crippen LogP contribution in [0.5, 0.6) is 0 Å². The van der Waals surface area contributed by atoms with E-state index in [2.05, 4.69) is 15.4 Å². The molecule has 1 heterocycles. The molecule has 19 heavy (non-hydrogen) atoms. The maximum atomic E-state index is 13.8. The van der Waals surface area contributed by atoms with Crippen LogP contribution in [0.4, 0.5) is 14.5 Å². The fraction of sp³-hybridized carbons (Fsp3) is 0.462. The summed E-state index contributed by atoms with van der Waals surface area (Å²) in [5.41, 5.74) is -0.328. The molecule has 6 heteroatoms. The van der Waals surface area contributed by atoms with Crippen LogP contribution >= 0.6 is 0 Å². The summed E-state index contributed by atoms with van der Waals surface area (Å²) in [6.45, 7) is 1.65. The zero-order valence-corrected chi connectivity index (χ0v) is 10.6. The van der Waals surface area contributed by atoms with Crippen molar-refractivity contribution in [3.05, 3.63) is 29.3 Å². The molecular formula is C13H16F2N2O2. The van der Waals surface area contributed by atoms with E-state index in [4.69, 9.17) is 0 Å². The fourth-order valence-corrected chi connectivity index (χ4v) is 2.12. The second-order valence-corrected chi connectivity index (χ2v) is 4.47. The monoisotopic (exact) mass is 270 g/mol. The van der Waals surface area contributed by atoms with E-state index in [-0.39, 0.29) is 11.7 Å². The number of anilines is 1. The Kier molecular flexibility index (Phi) is 4.31. The Bertz CT molecular complexity index is 474. The predicted octanol–water partition coefficient (Wildman–Crippen LogP) is 1.92. The van der Waals surface area contributed by atoms with Crippen molar-refractivity contribution in [3.63, 3.8) is 0 Å². The predicted molar refractivity (Wildman–Crippen MR) is 67.2 cm³/mol. The lowest BCUT2D eigenvalue weighted by molar-refractivity contribution is 0.0594. The smallest absolute Gasteiger partial charge is 0.340 e. The number of halogens is 2. The molecule has 104 valence electrons. The van der Waals surface area contributed by atoms with Crippen molar-refractivity contribution in [1.82, 2.24) is 5.32 Å². The molecule has 1 fully saturated rings. The highest BCUT2D eigenvalue weighted by atomic mass is 19.2. The lowest BCUT2D eigenvalue weighted by Crippen LogP contribution is -2.38. The van der Waals surface area contributed by atoms with Gasteiger partial charge in [-0.1, -0.05) is 0 Å². The molecule has 0 amide bonds. The number of hydrogen-bond donors (Lipinski definition) is 2. The summed E-state index contributed by atoms with van der Waals surface area (Å²) in [4.78, 5) is 11.2. The Balaban J connectivity index is 2.18. The maximum Gasteiger partial charge on any atom is 0.340 e. The van der Waals surface area contributed by atoms with E-state index in [9.17, 15) is 13.6 Å². The molecule has 0 bridgehead atoms. The SMILES string of the molecule is COC(=O)c1ccc(NC2CCCNC2)c(F)c1F. The van der Waals surface area contributed by atoms with Crippen LogP contribution in [0.15, 0.2) is 12.1 Å². The third kappa shape index (κ3) is 3.01. The minimum Gasteiger partial charge on any atom is -0.465 e. The molecule has 1 aromatic carbocycles. The minimum atomic E-state index is -1.18. The normalized spacial score (nSPS) is 19.0. The van der Waals surface area contributed by atoms with Gasteiger partial charge in [0.1, 0.15) is 0 Å². The van der Waals surface area contributed by atoms with Crippen molar-refractivity contribution in [2.75, 3.05) is 25.5 Å². The fourth-order valence-electron chi connectivity index (χ4n) is 2.12. The second kappa shape index (κ2) is 5.97. The number of hydrogen-bond acceptors (Lipinski definition) is 4. The molecular weight excluding hydrogens is 254 g/mol. The number of rotatable bonds is 3. The molecule has 0 spiro atoms. The van der Waals surface area contributed by atoms with E-state index >= 15 is 0 Å². The van der Waals surface area contributed by atoms with Crippen LogP contribution in [0.1, 0.15) is 23.2 Å². The van der Waals surface area contributed by atoms with Gasteiger partial charge in [-0.25, -0.2) is 13.6 Å². The number of esters is 1. The number of benzene rings is 1. The minimum absolute atomic E-state index is 0.0617. The van der Waals surface area contributed by atoms with Crippen molar-refractivity contribution in [2.45, 2.75) is 18.9 Å². The molecule has 0 aromatic heterocycles. The molecule has 1 atom stereocenters. The highest BCUT2D eigenvalue weighted by molar-refractivity contribution is 5.90. The van der Waals surface area contributed by atoms with E-state index in [1.807, 2.05) is 0 Å². The van der Waals surface area contributed by atoms with Crippen molar-refractivity contribution in [2.24, 2.45) is 0 Å². The largest absolute Gasteiger partial charge is 0.465 e. The summed E-state index contributed by atoms with van der Waals surface area (Å²) in [6.07, 6.45) is 1.88. The Hall–Kier alpha value is -1.69. The number of nitrogens with one attached hydrogen (secondary N) is 2. The molecule has 1 saturated heterocycles. The van der Waals surface area contributed by atoms with Gasteiger partial charge < -0.3 is 15.4 Å². The van der Waals surface area contributed by atoms with Gasteiger partial charge in [0.15, 0.2) is 11.6 Å². The van der Waals surface area contributed by atoms with Crippen LogP contribution in [0.3, 0.4) is 0 Å². The summed E-state index contributed by atoms with van der Waals surface area (Å²) >= 11 is 0. The van der Waals surface area contributed by atoms with Gasteiger partial charge >= 0.3 is 5.97 Å². The summed E-state index contributed by atoms with van der Waals surface area (Å²) in [5, 5.41) is 6.12. The number of piperidine rings is 1. The van der Waals surface area contributed by atoms with Gasteiger partial charge in [-0.2, -0.15) is 0 Å². The van der Waals surface area contributed by atoms with Crippen LogP contribution in [-0.2, 0) is 4.74 Å². The zero-order chi connectivity index (χ0) is 13.8. The van der Waals surface area contributed by atoms with Crippen LogP contribution < -0.4 is 10.6 Å². The Morgan fingerprint density at radius 2 is 2.21 bits per heavy atom. The van der Waals surface area contributed by atoms with Gasteiger partial charge in [0, 0.05) is 12.6 Å². The third-order valence-corrected chi connectivity index (χ3v) is 3.14. The van der Waals surface area contributed by atoms with Crippen molar-refractivity contribution in [1.29, 1.82) is 0 Å². The number of carbonyl (C=O) groups excluding carboxylic acids is 1. The quantitative estimate of drug-likeness (QED) is 0.824. The van der Waals surface area contributed by atoms with E-state index < -0.39 is 23.2 Å². The maximum absolute atomic E-state index is 13.8. The summed E-state index contributed by atoms with van der Waals surface area (Å²) in [7, 11) is 1.12. The Morgan fingerprint density at radius 3 is 2.84 bits per heavy atom. The van der Waals surface area contributed by atoms with Gasteiger partial charge in [0.25, 0.3) is 0 Å². The van der Waals surface area contributed by atoms with Crippen LogP contribution in [0.25, 0.3) is 0 Å². The van der Waals surface area contributed by atoms with Gasteiger partial charge in [0.05, 0.1) is 18.4 Å². The van der Waals surface area contributed by atoms with E-state index in [1.165, 1.54) is 12.1 Å². The van der Waals surface area contributed by atoms with Crippen LogP contribution in [-0.4, -0.2) is 32.2 Å². The highest BCUT2D eigenvalue weighted by Gasteiger charge is 2.21.